The fourth-order valence-corrected chi connectivity index (χ4v) is 3.95. The summed E-state index contributed by atoms with van der Waals surface area (Å²) in [4.78, 5) is 9.10. The molecular formula is C20H21N3O3S. The lowest BCUT2D eigenvalue weighted by molar-refractivity contribution is 0.293. The summed E-state index contributed by atoms with van der Waals surface area (Å²) in [6.07, 6.45) is 3.41. The monoisotopic (exact) mass is 383 g/mol. The number of anilines is 1. The van der Waals surface area contributed by atoms with Gasteiger partial charge in [0.25, 0.3) is 15.9 Å². The van der Waals surface area contributed by atoms with Gasteiger partial charge in [-0.2, -0.15) is 0 Å². The molecule has 7 heteroatoms. The molecule has 0 aliphatic heterocycles. The predicted octanol–water partition coefficient (Wildman–Crippen LogP) is 3.92. The van der Waals surface area contributed by atoms with Crippen LogP contribution in [0.3, 0.4) is 0 Å². The number of nitrogens with zero attached hydrogens (tertiary/aromatic N) is 2. The van der Waals surface area contributed by atoms with E-state index in [4.69, 9.17) is 4.74 Å². The summed E-state index contributed by atoms with van der Waals surface area (Å²) in [7, 11) is -3.79. The summed E-state index contributed by atoms with van der Waals surface area (Å²) >= 11 is 0. The molecule has 0 radical (unpaired) electrons. The molecule has 2 aromatic carbocycles. The number of hydrogen-bond acceptors (Lipinski definition) is 5. The Hall–Kier alpha value is -2.67. The number of benzene rings is 2. The lowest BCUT2D eigenvalue weighted by Gasteiger charge is -2.13. The summed E-state index contributed by atoms with van der Waals surface area (Å²) in [5, 5.41) is 0. The third-order valence-electron chi connectivity index (χ3n) is 4.53. The van der Waals surface area contributed by atoms with Gasteiger partial charge in [0.15, 0.2) is 0 Å². The molecule has 0 saturated heterocycles. The van der Waals surface area contributed by atoms with Gasteiger partial charge in [0, 0.05) is 0 Å². The highest BCUT2D eigenvalue weighted by Gasteiger charge is 2.23. The number of aryl methyl sites for hydroxylation is 1. The molecule has 0 amide bonds. The van der Waals surface area contributed by atoms with Gasteiger partial charge in [-0.25, -0.2) is 18.4 Å². The van der Waals surface area contributed by atoms with Crippen LogP contribution in [0.2, 0.25) is 0 Å². The zero-order valence-electron chi connectivity index (χ0n) is 15.1. The second-order valence-corrected chi connectivity index (χ2v) is 8.55. The molecule has 1 N–H and O–H groups in total. The van der Waals surface area contributed by atoms with Crippen LogP contribution in [0.5, 0.6) is 5.88 Å². The Morgan fingerprint density at radius 3 is 2.52 bits per heavy atom. The number of nitrogens with one attached hydrogen (secondary N) is 1. The highest BCUT2D eigenvalue weighted by Crippen LogP contribution is 2.33. The predicted molar refractivity (Wildman–Crippen MR) is 104 cm³/mol. The number of sulfonamides is 1. The van der Waals surface area contributed by atoms with E-state index in [1.165, 1.54) is 12.8 Å². The first kappa shape index (κ1) is 17.7. The first-order valence-corrected chi connectivity index (χ1v) is 10.5. The molecule has 0 bridgehead atoms. The molecule has 3 aromatic rings. The highest BCUT2D eigenvalue weighted by molar-refractivity contribution is 7.92. The summed E-state index contributed by atoms with van der Waals surface area (Å²) in [5.41, 5.74) is 2.13. The van der Waals surface area contributed by atoms with Crippen molar-refractivity contribution >= 4 is 26.9 Å². The van der Waals surface area contributed by atoms with Crippen molar-refractivity contribution in [2.45, 2.75) is 31.1 Å². The van der Waals surface area contributed by atoms with E-state index < -0.39 is 10.0 Å². The number of rotatable bonds is 7. The molecule has 1 heterocycles. The van der Waals surface area contributed by atoms with E-state index in [0.29, 0.717) is 23.6 Å². The maximum absolute atomic E-state index is 12.8. The summed E-state index contributed by atoms with van der Waals surface area (Å²) in [5.74, 6) is 1.04. The zero-order chi connectivity index (χ0) is 18.9. The topological polar surface area (TPSA) is 81.2 Å². The van der Waals surface area contributed by atoms with E-state index >= 15 is 0 Å². The van der Waals surface area contributed by atoms with Crippen molar-refractivity contribution in [2.24, 2.45) is 5.92 Å². The molecule has 1 aliphatic rings. The lowest BCUT2D eigenvalue weighted by atomic mass is 10.2. The van der Waals surface area contributed by atoms with Crippen LogP contribution in [0.1, 0.15) is 24.8 Å². The van der Waals surface area contributed by atoms with Crippen molar-refractivity contribution < 1.29 is 13.2 Å². The average Bonchev–Trinajstić information content (AvgIpc) is 3.46. The average molecular weight is 383 g/mol. The number of para-hydroxylation sites is 2. The minimum absolute atomic E-state index is 0.117. The van der Waals surface area contributed by atoms with Gasteiger partial charge in [0.1, 0.15) is 0 Å². The number of ether oxygens (including phenoxy) is 1. The van der Waals surface area contributed by atoms with Crippen LogP contribution in [0.25, 0.3) is 11.0 Å². The van der Waals surface area contributed by atoms with Gasteiger partial charge in [0.2, 0.25) is 5.82 Å². The van der Waals surface area contributed by atoms with Crippen molar-refractivity contribution in [3.05, 3.63) is 54.1 Å². The Morgan fingerprint density at radius 1 is 1.07 bits per heavy atom. The van der Waals surface area contributed by atoms with Gasteiger partial charge in [-0.15, -0.1) is 0 Å². The van der Waals surface area contributed by atoms with Crippen molar-refractivity contribution in [1.82, 2.24) is 9.97 Å². The smallest absolute Gasteiger partial charge is 0.263 e. The van der Waals surface area contributed by atoms with Crippen LogP contribution in [-0.2, 0) is 10.0 Å². The Kier molecular flexibility index (Phi) is 4.70. The Balaban J connectivity index is 1.67. The molecule has 1 fully saturated rings. The maximum Gasteiger partial charge on any atom is 0.263 e. The molecule has 0 atom stereocenters. The molecule has 1 aliphatic carbocycles. The standard InChI is InChI=1S/C20H21N3O3S/c1-14-5-4-6-16(13-14)27(24,25)23-19-20(26-12-11-15-9-10-15)22-18-8-3-2-7-17(18)21-19/h2-8,13,15H,9-12H2,1H3,(H,21,23). The van der Waals surface area contributed by atoms with Crippen LogP contribution in [0, 0.1) is 12.8 Å². The second-order valence-electron chi connectivity index (χ2n) is 6.87. The summed E-state index contributed by atoms with van der Waals surface area (Å²) in [6, 6.07) is 14.0. The van der Waals surface area contributed by atoms with Crippen molar-refractivity contribution in [1.29, 1.82) is 0 Å². The first-order chi connectivity index (χ1) is 13.0. The molecule has 0 spiro atoms. The second kappa shape index (κ2) is 7.15. The molecule has 1 aromatic heterocycles. The van der Waals surface area contributed by atoms with Crippen molar-refractivity contribution in [3.63, 3.8) is 0 Å². The van der Waals surface area contributed by atoms with Crippen LogP contribution in [-0.4, -0.2) is 25.0 Å². The molecule has 27 heavy (non-hydrogen) atoms. The van der Waals surface area contributed by atoms with E-state index in [9.17, 15) is 8.42 Å². The third kappa shape index (κ3) is 4.19. The third-order valence-corrected chi connectivity index (χ3v) is 5.87. The van der Waals surface area contributed by atoms with Gasteiger partial charge >= 0.3 is 0 Å². The van der Waals surface area contributed by atoms with Gasteiger partial charge in [0.05, 0.1) is 22.5 Å². The van der Waals surface area contributed by atoms with Gasteiger partial charge in [-0.1, -0.05) is 37.1 Å². The minimum Gasteiger partial charge on any atom is -0.475 e. The van der Waals surface area contributed by atoms with Crippen LogP contribution >= 0.6 is 0 Å². The normalized spacial score (nSPS) is 14.3. The summed E-state index contributed by atoms with van der Waals surface area (Å²) in [6.45, 7) is 2.35. The molecule has 4 rings (SSSR count). The maximum atomic E-state index is 12.8. The first-order valence-electron chi connectivity index (χ1n) is 9.00. The number of fused-ring (bicyclic) bond motifs is 1. The van der Waals surface area contributed by atoms with Crippen molar-refractivity contribution in [3.8, 4) is 5.88 Å². The zero-order valence-corrected chi connectivity index (χ0v) is 15.9. The Morgan fingerprint density at radius 2 is 1.81 bits per heavy atom. The van der Waals surface area contributed by atoms with E-state index in [1.54, 1.807) is 24.3 Å². The van der Waals surface area contributed by atoms with E-state index in [-0.39, 0.29) is 16.6 Å². The SMILES string of the molecule is Cc1cccc(S(=O)(=O)Nc2nc3ccccc3nc2OCCC2CC2)c1. The number of hydrogen-bond donors (Lipinski definition) is 1. The molecule has 0 unspecified atom stereocenters. The van der Waals surface area contributed by atoms with Crippen molar-refractivity contribution in [2.75, 3.05) is 11.3 Å². The molecule has 1 saturated carbocycles. The highest BCUT2D eigenvalue weighted by atomic mass is 32.2. The largest absolute Gasteiger partial charge is 0.475 e. The molecule has 140 valence electrons. The quantitative estimate of drug-likeness (QED) is 0.669. The van der Waals surface area contributed by atoms with E-state index in [1.807, 2.05) is 31.2 Å². The van der Waals surface area contributed by atoms with Crippen LogP contribution < -0.4 is 9.46 Å². The Labute approximate surface area is 158 Å². The fourth-order valence-electron chi connectivity index (χ4n) is 2.85. The molecule has 6 nitrogen and oxygen atoms in total. The van der Waals surface area contributed by atoms with Gasteiger partial charge in [-0.05, 0) is 49.1 Å². The lowest BCUT2D eigenvalue weighted by Crippen LogP contribution is -2.16. The summed E-state index contributed by atoms with van der Waals surface area (Å²) < 4.78 is 34.0. The van der Waals surface area contributed by atoms with Gasteiger partial charge in [-0.3, -0.25) is 4.72 Å². The number of aromatic nitrogens is 2. The fraction of sp³-hybridized carbons (Fsp3) is 0.300. The Bertz CT molecular complexity index is 1080. The van der Waals surface area contributed by atoms with E-state index in [2.05, 4.69) is 14.7 Å². The van der Waals surface area contributed by atoms with Crippen LogP contribution in [0.4, 0.5) is 5.82 Å². The molecular weight excluding hydrogens is 362 g/mol. The minimum atomic E-state index is -3.79. The van der Waals surface area contributed by atoms with E-state index in [0.717, 1.165) is 12.0 Å². The van der Waals surface area contributed by atoms with Crippen LogP contribution in [0.15, 0.2) is 53.4 Å². The van der Waals surface area contributed by atoms with Gasteiger partial charge < -0.3 is 4.74 Å².